The third-order valence-corrected chi connectivity index (χ3v) is 5.25. The average Bonchev–Trinajstić information content (AvgIpc) is 2.79. The molecule has 0 bridgehead atoms. The van der Waals surface area contributed by atoms with Crippen molar-refractivity contribution in [2.45, 2.75) is 32.3 Å². The van der Waals surface area contributed by atoms with E-state index in [1.807, 2.05) is 36.4 Å². The normalized spacial score (nSPS) is 15.0. The minimum Gasteiger partial charge on any atom is -0.485 e. The lowest BCUT2D eigenvalue weighted by molar-refractivity contribution is -0.125. The van der Waals surface area contributed by atoms with Gasteiger partial charge in [-0.05, 0) is 47.4 Å². The molecular weight excluding hydrogens is 404 g/mol. The van der Waals surface area contributed by atoms with Gasteiger partial charge in [-0.3, -0.25) is 9.59 Å². The second kappa shape index (κ2) is 8.75. The fraction of sp³-hybridized carbons (Fsp3) is 0.231. The summed E-state index contributed by atoms with van der Waals surface area (Å²) in [6, 6.07) is 21.8. The zero-order valence-corrected chi connectivity index (χ0v) is 18.3. The summed E-state index contributed by atoms with van der Waals surface area (Å²) in [5.74, 6) is 0.537. The van der Waals surface area contributed by atoms with Gasteiger partial charge >= 0.3 is 0 Å². The Bertz CT molecular complexity index is 1130. The number of rotatable bonds is 4. The third-order valence-electron chi connectivity index (χ3n) is 5.25. The number of hydrogen-bond donors (Lipinski definition) is 2. The summed E-state index contributed by atoms with van der Waals surface area (Å²) in [6.45, 7) is 6.49. The topological polar surface area (TPSA) is 76.7 Å². The van der Waals surface area contributed by atoms with Gasteiger partial charge in [-0.1, -0.05) is 57.2 Å². The van der Waals surface area contributed by atoms with Gasteiger partial charge < -0.3 is 20.1 Å². The molecular formula is C26H26N2O4. The van der Waals surface area contributed by atoms with Crippen molar-refractivity contribution in [2.75, 3.05) is 17.2 Å². The van der Waals surface area contributed by atoms with Crippen LogP contribution in [0.15, 0.2) is 72.8 Å². The van der Waals surface area contributed by atoms with Gasteiger partial charge in [0.25, 0.3) is 11.8 Å². The van der Waals surface area contributed by atoms with E-state index in [1.54, 1.807) is 36.4 Å². The van der Waals surface area contributed by atoms with Crippen LogP contribution in [0.2, 0.25) is 0 Å². The van der Waals surface area contributed by atoms with Crippen molar-refractivity contribution in [1.82, 2.24) is 0 Å². The van der Waals surface area contributed by atoms with Gasteiger partial charge in [-0.2, -0.15) is 0 Å². The molecule has 1 atom stereocenters. The summed E-state index contributed by atoms with van der Waals surface area (Å²) in [5.41, 5.74) is 2.69. The fourth-order valence-electron chi connectivity index (χ4n) is 3.38. The largest absolute Gasteiger partial charge is 0.485 e. The monoisotopic (exact) mass is 430 g/mol. The number of para-hydroxylation sites is 4. The standard InChI is InChI=1S/C26H26N2O4/c1-26(2,3)18-14-12-17(13-15-18)24(29)27-19-8-4-5-9-20(19)28-25(30)23-16-31-21-10-6-7-11-22(21)32-23/h4-15,23H,16H2,1-3H3,(H,27,29)(H,28,30)/t23-/m1/s1. The van der Waals surface area contributed by atoms with Gasteiger partial charge in [0.2, 0.25) is 6.10 Å². The van der Waals surface area contributed by atoms with Crippen molar-refractivity contribution in [2.24, 2.45) is 0 Å². The number of ether oxygens (including phenoxy) is 2. The summed E-state index contributed by atoms with van der Waals surface area (Å²) in [4.78, 5) is 25.6. The van der Waals surface area contributed by atoms with Crippen LogP contribution in [0, 0.1) is 0 Å². The van der Waals surface area contributed by atoms with Crippen LogP contribution in [0.3, 0.4) is 0 Å². The molecule has 1 aliphatic rings. The molecule has 164 valence electrons. The maximum Gasteiger partial charge on any atom is 0.269 e. The van der Waals surface area contributed by atoms with Crippen molar-refractivity contribution >= 4 is 23.2 Å². The van der Waals surface area contributed by atoms with Gasteiger partial charge in [-0.15, -0.1) is 0 Å². The molecule has 32 heavy (non-hydrogen) atoms. The maximum absolute atomic E-state index is 12.8. The Hall–Kier alpha value is -3.80. The molecule has 2 N–H and O–H groups in total. The lowest BCUT2D eigenvalue weighted by atomic mass is 9.87. The summed E-state index contributed by atoms with van der Waals surface area (Å²) < 4.78 is 11.4. The number of benzene rings is 3. The van der Waals surface area contributed by atoms with Gasteiger partial charge in [0.1, 0.15) is 6.61 Å². The van der Waals surface area contributed by atoms with Crippen LogP contribution in [0.5, 0.6) is 11.5 Å². The van der Waals surface area contributed by atoms with E-state index >= 15 is 0 Å². The number of fused-ring (bicyclic) bond motifs is 1. The van der Waals surface area contributed by atoms with E-state index in [9.17, 15) is 9.59 Å². The Kier molecular flexibility index (Phi) is 5.86. The summed E-state index contributed by atoms with van der Waals surface area (Å²) >= 11 is 0. The van der Waals surface area contributed by atoms with Crippen molar-refractivity contribution in [1.29, 1.82) is 0 Å². The van der Waals surface area contributed by atoms with Gasteiger partial charge in [-0.25, -0.2) is 0 Å². The van der Waals surface area contributed by atoms with E-state index in [4.69, 9.17) is 9.47 Å². The Morgan fingerprint density at radius 2 is 1.41 bits per heavy atom. The Balaban J connectivity index is 1.45. The molecule has 2 amide bonds. The maximum atomic E-state index is 12.8. The van der Waals surface area contributed by atoms with Crippen LogP contribution in [0.1, 0.15) is 36.7 Å². The zero-order valence-electron chi connectivity index (χ0n) is 18.3. The van der Waals surface area contributed by atoms with Crippen LogP contribution in [-0.2, 0) is 10.2 Å². The van der Waals surface area contributed by atoms with Crippen molar-refractivity contribution < 1.29 is 19.1 Å². The quantitative estimate of drug-likeness (QED) is 0.610. The highest BCUT2D eigenvalue weighted by Crippen LogP contribution is 2.31. The Morgan fingerprint density at radius 3 is 2.06 bits per heavy atom. The lowest BCUT2D eigenvalue weighted by Crippen LogP contribution is -2.40. The fourth-order valence-corrected chi connectivity index (χ4v) is 3.38. The Labute approximate surface area is 187 Å². The molecule has 6 heteroatoms. The molecule has 0 aromatic heterocycles. The molecule has 1 aliphatic heterocycles. The molecule has 1 heterocycles. The molecule has 0 spiro atoms. The highest BCUT2D eigenvalue weighted by atomic mass is 16.6. The van der Waals surface area contributed by atoms with Crippen LogP contribution in [0.4, 0.5) is 11.4 Å². The van der Waals surface area contributed by atoms with Crippen LogP contribution < -0.4 is 20.1 Å². The van der Waals surface area contributed by atoms with Crippen molar-refractivity contribution in [3.8, 4) is 11.5 Å². The molecule has 0 aliphatic carbocycles. The minimum absolute atomic E-state index is 0.0112. The van der Waals surface area contributed by atoms with Gasteiger partial charge in [0.05, 0.1) is 11.4 Å². The zero-order chi connectivity index (χ0) is 22.7. The van der Waals surface area contributed by atoms with Crippen LogP contribution in [-0.4, -0.2) is 24.5 Å². The first-order valence-electron chi connectivity index (χ1n) is 10.5. The highest BCUT2D eigenvalue weighted by Gasteiger charge is 2.28. The molecule has 0 fully saturated rings. The molecule has 3 aromatic carbocycles. The molecule has 0 saturated carbocycles. The molecule has 6 nitrogen and oxygen atoms in total. The molecule has 0 radical (unpaired) electrons. The van der Waals surface area contributed by atoms with Gasteiger partial charge in [0.15, 0.2) is 11.5 Å². The first-order valence-corrected chi connectivity index (χ1v) is 10.5. The molecule has 4 rings (SSSR count). The number of amides is 2. The summed E-state index contributed by atoms with van der Waals surface area (Å²) in [7, 11) is 0. The number of carbonyl (C=O) groups excluding carboxylic acids is 2. The minimum atomic E-state index is -0.793. The van der Waals surface area contributed by atoms with E-state index < -0.39 is 6.10 Å². The smallest absolute Gasteiger partial charge is 0.269 e. The number of hydrogen-bond acceptors (Lipinski definition) is 4. The van der Waals surface area contributed by atoms with Crippen LogP contribution >= 0.6 is 0 Å². The highest BCUT2D eigenvalue weighted by molar-refractivity contribution is 6.07. The predicted molar refractivity (Wildman–Crippen MR) is 125 cm³/mol. The molecule has 0 unspecified atom stereocenters. The second-order valence-corrected chi connectivity index (χ2v) is 8.68. The predicted octanol–water partition coefficient (Wildman–Crippen LogP) is 5.01. The summed E-state index contributed by atoms with van der Waals surface area (Å²) in [6.07, 6.45) is -0.793. The number of carbonyl (C=O) groups is 2. The van der Waals surface area contributed by atoms with Gasteiger partial charge in [0, 0.05) is 5.56 Å². The first kappa shape index (κ1) is 21.4. The van der Waals surface area contributed by atoms with Crippen LogP contribution in [0.25, 0.3) is 0 Å². The number of anilines is 2. The number of nitrogens with one attached hydrogen (secondary N) is 2. The molecule has 0 saturated heterocycles. The van der Waals surface area contributed by atoms with E-state index in [0.29, 0.717) is 28.4 Å². The average molecular weight is 431 g/mol. The second-order valence-electron chi connectivity index (χ2n) is 8.68. The van der Waals surface area contributed by atoms with Crippen molar-refractivity contribution in [3.63, 3.8) is 0 Å². The van der Waals surface area contributed by atoms with E-state index in [0.717, 1.165) is 5.56 Å². The third kappa shape index (κ3) is 4.75. The Morgan fingerprint density at radius 1 is 0.812 bits per heavy atom. The molecule has 3 aromatic rings. The van der Waals surface area contributed by atoms with E-state index in [-0.39, 0.29) is 23.8 Å². The lowest BCUT2D eigenvalue weighted by Gasteiger charge is -2.25. The first-order chi connectivity index (χ1) is 15.3. The SMILES string of the molecule is CC(C)(C)c1ccc(C(=O)Nc2ccccc2NC(=O)[C@H]2COc3ccccc3O2)cc1. The summed E-state index contributed by atoms with van der Waals surface area (Å²) in [5, 5.41) is 5.72. The van der Waals surface area contributed by atoms with Crippen molar-refractivity contribution in [3.05, 3.63) is 83.9 Å². The van der Waals surface area contributed by atoms with E-state index in [2.05, 4.69) is 31.4 Å². The van der Waals surface area contributed by atoms with E-state index in [1.165, 1.54) is 0 Å².